The van der Waals surface area contributed by atoms with Crippen LogP contribution in [0.2, 0.25) is 0 Å². The van der Waals surface area contributed by atoms with Crippen LogP contribution in [0.5, 0.6) is 0 Å². The van der Waals surface area contributed by atoms with Gasteiger partial charge in [0.1, 0.15) is 13.1 Å². The van der Waals surface area contributed by atoms with Crippen LogP contribution in [0.4, 0.5) is 0 Å². The van der Waals surface area contributed by atoms with Gasteiger partial charge in [-0.25, -0.2) is 4.98 Å². The zero-order valence-corrected chi connectivity index (χ0v) is 23.6. The molecule has 2 heterocycles. The number of rotatable bonds is 9. The van der Waals surface area contributed by atoms with Gasteiger partial charge in [-0.3, -0.25) is 19.2 Å². The smallest absolute Gasteiger partial charge is 0.279 e. The van der Waals surface area contributed by atoms with E-state index in [4.69, 9.17) is 0 Å². The standard InChI is InChI=1S/C27H37N5O5S/c1-16-25(38-15-29-16)19-9-7-18(8-10-19)21(12-24(35)28-6)31-26(36)22-11-20(34)13-32(22,37)14-23(27(3,4)5)30-17(2)33/h7-10,15,21-23H,11-14H2,1-6H3,(H,28,35)(H,30,33)(H,31,36)/t21-,22-,23+,32?/m0/s1. The Morgan fingerprint density at radius 1 is 1.18 bits per heavy atom. The molecule has 11 heteroatoms. The summed E-state index contributed by atoms with van der Waals surface area (Å²) in [5, 5.41) is 22.2. The summed E-state index contributed by atoms with van der Waals surface area (Å²) >= 11 is 1.53. The highest BCUT2D eigenvalue weighted by Crippen LogP contribution is 2.31. The third kappa shape index (κ3) is 7.03. The van der Waals surface area contributed by atoms with Gasteiger partial charge in [0, 0.05) is 14.0 Å². The van der Waals surface area contributed by atoms with Gasteiger partial charge >= 0.3 is 0 Å². The highest BCUT2D eigenvalue weighted by atomic mass is 32.1. The van der Waals surface area contributed by atoms with Crippen LogP contribution in [0.15, 0.2) is 29.8 Å². The SMILES string of the molecule is CNC(=O)C[C@H](NC(=O)[C@@H]1CC(=O)C[N+]1([O-])C[C@@H](NC(C)=O)C(C)(C)C)c1ccc(-c2scnc2C)cc1. The normalized spacial score (nSPS) is 21.0. The second-order valence-corrected chi connectivity index (χ2v) is 11.9. The molecule has 0 bridgehead atoms. The Morgan fingerprint density at radius 2 is 1.84 bits per heavy atom. The van der Waals surface area contributed by atoms with Gasteiger partial charge in [-0.15, -0.1) is 11.3 Å². The van der Waals surface area contributed by atoms with E-state index >= 15 is 0 Å². The number of hydrogen-bond acceptors (Lipinski definition) is 7. The molecule has 1 aliphatic heterocycles. The highest BCUT2D eigenvalue weighted by molar-refractivity contribution is 7.13. The van der Waals surface area contributed by atoms with Gasteiger partial charge in [0.2, 0.25) is 11.8 Å². The Balaban J connectivity index is 1.85. The molecular formula is C27H37N5O5S. The fourth-order valence-electron chi connectivity index (χ4n) is 4.70. The van der Waals surface area contributed by atoms with Crippen molar-refractivity contribution in [1.82, 2.24) is 20.9 Å². The van der Waals surface area contributed by atoms with Crippen molar-refractivity contribution in [3.05, 3.63) is 46.2 Å². The Kier molecular flexibility index (Phi) is 9.06. The summed E-state index contributed by atoms with van der Waals surface area (Å²) in [5.74, 6) is -1.45. The number of aryl methyl sites for hydroxylation is 1. The molecule has 0 radical (unpaired) electrons. The minimum Gasteiger partial charge on any atom is -0.632 e. The number of likely N-dealkylation sites (tertiary alicyclic amines) is 1. The number of aromatic nitrogens is 1. The summed E-state index contributed by atoms with van der Waals surface area (Å²) in [6.07, 6.45) is -0.222. The molecule has 3 amide bonds. The van der Waals surface area contributed by atoms with Gasteiger partial charge in [-0.05, 0) is 23.5 Å². The molecule has 0 aliphatic carbocycles. The summed E-state index contributed by atoms with van der Waals surface area (Å²) in [6, 6.07) is 5.09. The Morgan fingerprint density at radius 3 is 2.37 bits per heavy atom. The second-order valence-electron chi connectivity index (χ2n) is 11.0. The van der Waals surface area contributed by atoms with E-state index in [0.717, 1.165) is 16.1 Å². The third-order valence-electron chi connectivity index (χ3n) is 6.96. The number of nitrogens with one attached hydrogen (secondary N) is 3. The molecule has 1 aliphatic rings. The number of thiazole rings is 1. The van der Waals surface area contributed by atoms with Crippen LogP contribution in [-0.2, 0) is 19.2 Å². The average molecular weight is 544 g/mol. The van der Waals surface area contributed by atoms with Gasteiger partial charge in [-0.2, -0.15) is 0 Å². The molecule has 3 rings (SSSR count). The lowest BCUT2D eigenvalue weighted by atomic mass is 9.86. The first-order chi connectivity index (χ1) is 17.7. The summed E-state index contributed by atoms with van der Waals surface area (Å²) < 4.78 is -1.05. The predicted molar refractivity (Wildman–Crippen MR) is 146 cm³/mol. The minimum absolute atomic E-state index is 0.0306. The lowest BCUT2D eigenvalue weighted by Crippen LogP contribution is -2.61. The number of Topliss-reactive ketones (excluding diaryl/α,β-unsaturated/α-hetero) is 1. The van der Waals surface area contributed by atoms with Crippen LogP contribution in [0.3, 0.4) is 0 Å². The lowest BCUT2D eigenvalue weighted by molar-refractivity contribution is -0.881. The minimum atomic E-state index is -1.17. The summed E-state index contributed by atoms with van der Waals surface area (Å²) in [7, 11) is 1.51. The Hall–Kier alpha value is -3.15. The van der Waals surface area contributed by atoms with Crippen molar-refractivity contribution < 1.29 is 23.8 Å². The number of hydrogen-bond donors (Lipinski definition) is 3. The number of benzene rings is 1. The van der Waals surface area contributed by atoms with Crippen molar-refractivity contribution in [2.45, 2.75) is 65.6 Å². The first-order valence-electron chi connectivity index (χ1n) is 12.6. The highest BCUT2D eigenvalue weighted by Gasteiger charge is 2.48. The molecule has 3 N–H and O–H groups in total. The second kappa shape index (κ2) is 11.7. The molecule has 4 atom stereocenters. The van der Waals surface area contributed by atoms with E-state index in [-0.39, 0.29) is 43.5 Å². The van der Waals surface area contributed by atoms with Crippen molar-refractivity contribution in [1.29, 1.82) is 0 Å². The summed E-state index contributed by atoms with van der Waals surface area (Å²) in [5.41, 5.74) is 3.91. The number of amides is 3. The van der Waals surface area contributed by atoms with Gasteiger partial charge in [0.25, 0.3) is 5.91 Å². The number of ketones is 1. The van der Waals surface area contributed by atoms with Crippen LogP contribution in [0.1, 0.15) is 57.8 Å². The molecule has 38 heavy (non-hydrogen) atoms. The van der Waals surface area contributed by atoms with E-state index < -0.39 is 34.1 Å². The van der Waals surface area contributed by atoms with E-state index in [1.807, 2.05) is 52.0 Å². The van der Waals surface area contributed by atoms with E-state index in [0.29, 0.717) is 5.56 Å². The maximum Gasteiger partial charge on any atom is 0.279 e. The molecule has 0 spiro atoms. The maximum absolute atomic E-state index is 13.9. The fourth-order valence-corrected chi connectivity index (χ4v) is 5.51. The molecule has 10 nitrogen and oxygen atoms in total. The van der Waals surface area contributed by atoms with Gasteiger partial charge in [-0.1, -0.05) is 45.0 Å². The molecule has 2 aromatic rings. The summed E-state index contributed by atoms with van der Waals surface area (Å²) in [4.78, 5) is 55.4. The summed E-state index contributed by atoms with van der Waals surface area (Å²) in [6.45, 7) is 8.53. The Bertz CT molecular complexity index is 1190. The number of carbonyl (C=O) groups excluding carboxylic acids is 4. The first kappa shape index (κ1) is 29.4. The average Bonchev–Trinajstić information content (AvgIpc) is 3.39. The molecule has 206 valence electrons. The van der Waals surface area contributed by atoms with Crippen molar-refractivity contribution in [2.75, 3.05) is 20.1 Å². The zero-order valence-electron chi connectivity index (χ0n) is 22.8. The molecule has 1 unspecified atom stereocenters. The van der Waals surface area contributed by atoms with Crippen molar-refractivity contribution in [3.63, 3.8) is 0 Å². The largest absolute Gasteiger partial charge is 0.632 e. The van der Waals surface area contributed by atoms with E-state index in [1.54, 1.807) is 5.51 Å². The quantitative estimate of drug-likeness (QED) is 0.328. The maximum atomic E-state index is 13.9. The Labute approximate surface area is 227 Å². The number of nitrogens with zero attached hydrogens (tertiary/aromatic N) is 2. The zero-order chi connectivity index (χ0) is 28.3. The van der Waals surface area contributed by atoms with Crippen LogP contribution < -0.4 is 16.0 Å². The van der Waals surface area contributed by atoms with Crippen LogP contribution in [0, 0.1) is 17.5 Å². The predicted octanol–water partition coefficient (Wildman–Crippen LogP) is 2.62. The number of quaternary nitrogens is 1. The monoisotopic (exact) mass is 543 g/mol. The number of carbonyl (C=O) groups is 4. The molecule has 0 saturated carbocycles. The van der Waals surface area contributed by atoms with Crippen LogP contribution >= 0.6 is 11.3 Å². The van der Waals surface area contributed by atoms with Gasteiger partial charge in [0.15, 0.2) is 11.8 Å². The van der Waals surface area contributed by atoms with E-state index in [9.17, 15) is 24.4 Å². The van der Waals surface area contributed by atoms with Gasteiger partial charge < -0.3 is 25.8 Å². The fraction of sp³-hybridized carbons (Fsp3) is 0.519. The van der Waals surface area contributed by atoms with Crippen LogP contribution in [0.25, 0.3) is 10.4 Å². The van der Waals surface area contributed by atoms with E-state index in [1.165, 1.54) is 25.3 Å². The van der Waals surface area contributed by atoms with Crippen molar-refractivity contribution >= 4 is 34.8 Å². The van der Waals surface area contributed by atoms with Crippen molar-refractivity contribution in [2.24, 2.45) is 5.41 Å². The molecule has 1 aromatic heterocycles. The third-order valence-corrected chi connectivity index (χ3v) is 7.93. The molecule has 1 saturated heterocycles. The topological polar surface area (TPSA) is 140 Å². The first-order valence-corrected chi connectivity index (χ1v) is 13.5. The molecular weight excluding hydrogens is 506 g/mol. The molecule has 1 fully saturated rings. The van der Waals surface area contributed by atoms with Crippen LogP contribution in [-0.4, -0.2) is 65.4 Å². The number of hydroxylamine groups is 3. The van der Waals surface area contributed by atoms with Gasteiger partial charge in [0.05, 0.1) is 41.0 Å². The lowest BCUT2D eigenvalue weighted by Gasteiger charge is -2.47. The molecule has 1 aromatic carbocycles. The van der Waals surface area contributed by atoms with E-state index in [2.05, 4.69) is 20.9 Å². The van der Waals surface area contributed by atoms with Crippen molar-refractivity contribution in [3.8, 4) is 10.4 Å².